The van der Waals surface area contributed by atoms with Gasteiger partial charge in [0.05, 0.1) is 25.9 Å². The summed E-state index contributed by atoms with van der Waals surface area (Å²) in [5, 5.41) is 96.6. The Kier molecular flexibility index (Phi) is 24.4. The molecule has 61 heavy (non-hydrogen) atoms. The van der Waals surface area contributed by atoms with Gasteiger partial charge in [0.15, 0.2) is 12.6 Å². The van der Waals surface area contributed by atoms with Crippen LogP contribution in [0.3, 0.4) is 0 Å². The Labute approximate surface area is 357 Å². The molecule has 0 bridgehead atoms. The minimum Gasteiger partial charge on any atom is -0.394 e. The second-order valence-electron chi connectivity index (χ2n) is 16.3. The van der Waals surface area contributed by atoms with E-state index in [0.717, 1.165) is 6.42 Å². The Morgan fingerprint density at radius 2 is 1.15 bits per heavy atom. The first kappa shape index (κ1) is 52.7. The van der Waals surface area contributed by atoms with E-state index in [1.807, 2.05) is 0 Å². The number of aliphatic hydroxyl groups is 9. The zero-order chi connectivity index (χ0) is 44.9. The third kappa shape index (κ3) is 17.5. The number of hydrogen-bond donors (Lipinski definition) is 12. The van der Waals surface area contributed by atoms with Gasteiger partial charge in [-0.15, -0.1) is 0 Å². The molecule has 0 radical (unpaired) electrons. The molecule has 3 aliphatic rings. The van der Waals surface area contributed by atoms with E-state index in [1.54, 1.807) is 4.90 Å². The summed E-state index contributed by atoms with van der Waals surface area (Å²) >= 11 is 0. The van der Waals surface area contributed by atoms with Crippen LogP contribution in [-0.2, 0) is 38.1 Å². The Hall–Kier alpha value is -2.64. The van der Waals surface area contributed by atoms with Gasteiger partial charge in [0.1, 0.15) is 54.9 Å². The fraction of sp³-hybridized carbons (Fsp3) is 0.900. The van der Waals surface area contributed by atoms with Crippen molar-refractivity contribution < 1.29 is 84.1 Å². The molecule has 3 aliphatic heterocycles. The number of nitrogens with zero attached hydrogens (tertiary/aromatic N) is 1. The van der Waals surface area contributed by atoms with Crippen LogP contribution in [0.4, 0.5) is 0 Å². The number of hydrogen-bond acceptors (Lipinski definition) is 17. The maximum absolute atomic E-state index is 13.2. The zero-order valence-corrected chi connectivity index (χ0v) is 35.3. The first-order valence-corrected chi connectivity index (χ1v) is 21.8. The van der Waals surface area contributed by atoms with Crippen molar-refractivity contribution in [1.82, 2.24) is 20.9 Å². The SMILES string of the molecule is C[C@@H]1C[C@@H](CO)N(C(=O)CCCCCNC(=O)[C@H](CCCCNC(=O)CCCCOC2OC(CO)C(O)C(O)C2O)NC(=O)CCCCOC2OC(CO)C(O)C(O)C2O)C1. The fourth-order valence-electron chi connectivity index (χ4n) is 7.60. The molecule has 3 fully saturated rings. The molecule has 0 saturated carbocycles. The second-order valence-corrected chi connectivity index (χ2v) is 16.3. The maximum Gasteiger partial charge on any atom is 0.242 e. The van der Waals surface area contributed by atoms with E-state index >= 15 is 0 Å². The summed E-state index contributed by atoms with van der Waals surface area (Å²) in [6.45, 7) is 2.33. The van der Waals surface area contributed by atoms with E-state index in [2.05, 4.69) is 22.9 Å². The molecule has 4 amide bonds. The predicted molar refractivity (Wildman–Crippen MR) is 214 cm³/mol. The number of rotatable bonds is 28. The lowest BCUT2D eigenvalue weighted by atomic mass is 9.99. The van der Waals surface area contributed by atoms with E-state index in [4.69, 9.17) is 18.9 Å². The average molecular weight is 881 g/mol. The average Bonchev–Trinajstić information content (AvgIpc) is 3.64. The number of carbonyl (C=O) groups excluding carboxylic acids is 4. The first-order chi connectivity index (χ1) is 29.2. The standard InChI is InChI=1S/C40H72N4O17/c1-24-19-25(21-45)44(20-24)31(50)14-3-2-7-16-42-38(57)26(43-30(49)13-6-10-18-59-40-37(56)35(54)33(52)28(23-47)61-40)11-4-8-15-41-29(48)12-5-9-17-58-39-36(55)34(53)32(51)27(22-46)60-39/h24-28,32-37,39-40,45-47,51-56H,2-23H2,1H3,(H,41,48)(H,42,57)(H,43,49)/t24-,25+,26+,27?,28?,32?,33?,34?,35?,36?,37?,39?,40?/m1/s1. The zero-order valence-electron chi connectivity index (χ0n) is 35.3. The molecule has 12 N–H and O–H groups in total. The van der Waals surface area contributed by atoms with Gasteiger partial charge >= 0.3 is 0 Å². The van der Waals surface area contributed by atoms with E-state index < -0.39 is 80.7 Å². The summed E-state index contributed by atoms with van der Waals surface area (Å²) in [6.07, 6.45) is -7.49. The van der Waals surface area contributed by atoms with Crippen molar-refractivity contribution in [3.05, 3.63) is 0 Å². The summed E-state index contributed by atoms with van der Waals surface area (Å²) in [5.41, 5.74) is 0. The van der Waals surface area contributed by atoms with Crippen LogP contribution in [0.25, 0.3) is 0 Å². The molecular weight excluding hydrogens is 808 g/mol. The highest BCUT2D eigenvalue weighted by molar-refractivity contribution is 5.87. The third-order valence-electron chi connectivity index (χ3n) is 11.3. The Morgan fingerprint density at radius 3 is 1.70 bits per heavy atom. The largest absolute Gasteiger partial charge is 0.394 e. The highest BCUT2D eigenvalue weighted by Crippen LogP contribution is 2.25. The van der Waals surface area contributed by atoms with Crippen LogP contribution in [0.15, 0.2) is 0 Å². The summed E-state index contributed by atoms with van der Waals surface area (Å²) in [4.78, 5) is 53.0. The Morgan fingerprint density at radius 1 is 0.623 bits per heavy atom. The summed E-state index contributed by atoms with van der Waals surface area (Å²) in [5.74, 6) is -0.554. The molecule has 21 heteroatoms. The molecule has 3 rings (SSSR count). The molecule has 3 saturated heterocycles. The van der Waals surface area contributed by atoms with Gasteiger partial charge in [-0.3, -0.25) is 19.2 Å². The van der Waals surface area contributed by atoms with Gasteiger partial charge in [0.25, 0.3) is 0 Å². The van der Waals surface area contributed by atoms with E-state index in [9.17, 15) is 65.1 Å². The number of likely N-dealkylation sites (tertiary alicyclic amines) is 1. The van der Waals surface area contributed by atoms with Crippen molar-refractivity contribution in [3.63, 3.8) is 0 Å². The quantitative estimate of drug-likeness (QED) is 0.0342. The lowest BCUT2D eigenvalue weighted by Gasteiger charge is -2.39. The molecule has 3 heterocycles. The Balaban J connectivity index is 1.36. The molecule has 21 nitrogen and oxygen atoms in total. The molecule has 0 aromatic rings. The number of carbonyl (C=O) groups is 4. The van der Waals surface area contributed by atoms with Crippen molar-refractivity contribution in [2.45, 2.75) is 170 Å². The van der Waals surface area contributed by atoms with Crippen LogP contribution < -0.4 is 16.0 Å². The minimum absolute atomic E-state index is 0.0200. The molecular formula is C40H72N4O17. The van der Waals surface area contributed by atoms with Crippen LogP contribution in [0, 0.1) is 5.92 Å². The lowest BCUT2D eigenvalue weighted by Crippen LogP contribution is -2.59. The van der Waals surface area contributed by atoms with Crippen LogP contribution in [0.1, 0.15) is 96.8 Å². The van der Waals surface area contributed by atoms with Crippen molar-refractivity contribution in [1.29, 1.82) is 0 Å². The van der Waals surface area contributed by atoms with Gasteiger partial charge in [-0.05, 0) is 70.1 Å². The lowest BCUT2D eigenvalue weighted by molar-refractivity contribution is -0.301. The van der Waals surface area contributed by atoms with Gasteiger partial charge in [-0.1, -0.05) is 13.3 Å². The van der Waals surface area contributed by atoms with Gasteiger partial charge in [-0.2, -0.15) is 0 Å². The van der Waals surface area contributed by atoms with E-state index in [-0.39, 0.29) is 62.3 Å². The van der Waals surface area contributed by atoms with Gasteiger partial charge < -0.3 is 85.8 Å². The number of amides is 4. The van der Waals surface area contributed by atoms with Crippen molar-refractivity contribution in [2.75, 3.05) is 52.7 Å². The number of aliphatic hydroxyl groups excluding tert-OH is 9. The highest BCUT2D eigenvalue weighted by atomic mass is 16.7. The van der Waals surface area contributed by atoms with Crippen LogP contribution in [0.5, 0.6) is 0 Å². The number of ether oxygens (including phenoxy) is 4. The van der Waals surface area contributed by atoms with Crippen LogP contribution in [-0.4, -0.2) is 201 Å². The Bertz CT molecular complexity index is 1300. The van der Waals surface area contributed by atoms with Gasteiger partial charge in [0, 0.05) is 52.1 Å². The molecule has 0 aromatic heterocycles. The third-order valence-corrected chi connectivity index (χ3v) is 11.3. The highest BCUT2D eigenvalue weighted by Gasteiger charge is 2.45. The normalized spacial score (nSPS) is 30.8. The van der Waals surface area contributed by atoms with Crippen LogP contribution >= 0.6 is 0 Å². The molecule has 0 aromatic carbocycles. The molecule has 354 valence electrons. The molecule has 0 spiro atoms. The predicted octanol–water partition coefficient (Wildman–Crippen LogP) is -3.36. The van der Waals surface area contributed by atoms with E-state index in [0.29, 0.717) is 96.2 Å². The van der Waals surface area contributed by atoms with Gasteiger partial charge in [-0.25, -0.2) is 0 Å². The maximum atomic E-state index is 13.2. The van der Waals surface area contributed by atoms with Crippen molar-refractivity contribution in [2.24, 2.45) is 5.92 Å². The summed E-state index contributed by atoms with van der Waals surface area (Å²) in [6, 6.07) is -0.977. The van der Waals surface area contributed by atoms with E-state index in [1.165, 1.54) is 0 Å². The van der Waals surface area contributed by atoms with Crippen molar-refractivity contribution in [3.8, 4) is 0 Å². The molecule has 10 unspecified atom stereocenters. The molecule has 13 atom stereocenters. The summed E-state index contributed by atoms with van der Waals surface area (Å²) < 4.78 is 21.6. The van der Waals surface area contributed by atoms with Gasteiger partial charge in [0.2, 0.25) is 23.6 Å². The van der Waals surface area contributed by atoms with Crippen molar-refractivity contribution >= 4 is 23.6 Å². The second kappa shape index (κ2) is 28.2. The fourth-order valence-corrected chi connectivity index (χ4v) is 7.60. The number of unbranched alkanes of at least 4 members (excludes halogenated alkanes) is 5. The first-order valence-electron chi connectivity index (χ1n) is 21.8. The summed E-state index contributed by atoms with van der Waals surface area (Å²) in [7, 11) is 0. The smallest absolute Gasteiger partial charge is 0.242 e. The minimum atomic E-state index is -1.57. The topological polar surface area (TPSA) is 327 Å². The number of nitrogens with one attached hydrogen (secondary N) is 3. The molecule has 0 aliphatic carbocycles. The monoisotopic (exact) mass is 880 g/mol. The van der Waals surface area contributed by atoms with Crippen LogP contribution in [0.2, 0.25) is 0 Å².